The minimum absolute atomic E-state index is 0.377. The van der Waals surface area contributed by atoms with Gasteiger partial charge in [0, 0.05) is 41.1 Å². The van der Waals surface area contributed by atoms with E-state index < -0.39 is 0 Å². The van der Waals surface area contributed by atoms with Crippen molar-refractivity contribution in [3.63, 3.8) is 0 Å². The lowest BCUT2D eigenvalue weighted by Gasteiger charge is -2.14. The van der Waals surface area contributed by atoms with Crippen molar-refractivity contribution in [1.29, 1.82) is 5.41 Å². The molecule has 0 radical (unpaired) electrons. The Morgan fingerprint density at radius 2 is 2.08 bits per heavy atom. The van der Waals surface area contributed by atoms with Gasteiger partial charge in [-0.25, -0.2) is 4.98 Å². The van der Waals surface area contributed by atoms with E-state index in [1.54, 1.807) is 6.20 Å². The van der Waals surface area contributed by atoms with Gasteiger partial charge in [0.2, 0.25) is 0 Å². The second-order valence-electron chi connectivity index (χ2n) is 6.25. The number of allylic oxidation sites excluding steroid dienone is 2. The number of aromatic nitrogens is 3. The fraction of sp³-hybridized carbons (Fsp3) is 0.211. The summed E-state index contributed by atoms with van der Waals surface area (Å²) in [5.74, 6) is 0.378. The van der Waals surface area contributed by atoms with Crippen LogP contribution in [0.5, 0.6) is 0 Å². The first-order valence-electron chi connectivity index (χ1n) is 8.09. The maximum Gasteiger partial charge on any atom is 0.136 e. The molecule has 5 nitrogen and oxygen atoms in total. The molecule has 5 heteroatoms. The van der Waals surface area contributed by atoms with Crippen molar-refractivity contribution in [2.24, 2.45) is 11.7 Å². The second-order valence-corrected chi connectivity index (χ2v) is 6.25. The molecule has 1 fully saturated rings. The lowest BCUT2D eigenvalue weighted by atomic mass is 9.96. The third-order valence-corrected chi connectivity index (χ3v) is 4.38. The Hall–Kier alpha value is -2.95. The van der Waals surface area contributed by atoms with Gasteiger partial charge in [-0.2, -0.15) is 0 Å². The van der Waals surface area contributed by atoms with Gasteiger partial charge in [-0.05, 0) is 49.9 Å². The summed E-state index contributed by atoms with van der Waals surface area (Å²) in [4.78, 5) is 8.78. The first-order chi connectivity index (χ1) is 11.6. The summed E-state index contributed by atoms with van der Waals surface area (Å²) < 4.78 is 1.95. The molecular formula is C19H19N5. The van der Waals surface area contributed by atoms with E-state index in [0.29, 0.717) is 17.3 Å². The maximum absolute atomic E-state index is 8.72. The molecule has 1 saturated carbocycles. The molecule has 0 bridgehead atoms. The molecule has 1 aliphatic rings. The van der Waals surface area contributed by atoms with Crippen molar-refractivity contribution in [2.75, 3.05) is 0 Å². The van der Waals surface area contributed by atoms with Gasteiger partial charge in [0.25, 0.3) is 0 Å². The highest BCUT2D eigenvalue weighted by Crippen LogP contribution is 2.38. The normalized spacial score (nSPS) is 15.4. The van der Waals surface area contributed by atoms with Gasteiger partial charge in [-0.3, -0.25) is 10.4 Å². The standard InChI is InChI=1S/C19H19N5/c1-12-3-2-4-15(23-12)19(21)17(18(20)13-5-6-13)14-7-8-16-22-9-10-24(16)11-14/h2-4,7-11,13,21H,5-6,20H2,1H3/b18-17-,21-19?. The van der Waals surface area contributed by atoms with Crippen LogP contribution in [0.1, 0.15) is 29.8 Å². The van der Waals surface area contributed by atoms with Gasteiger partial charge in [0.1, 0.15) is 5.65 Å². The molecule has 0 spiro atoms. The van der Waals surface area contributed by atoms with Crippen molar-refractivity contribution in [3.8, 4) is 0 Å². The Bertz CT molecular complexity index is 963. The zero-order chi connectivity index (χ0) is 16.7. The lowest BCUT2D eigenvalue weighted by molar-refractivity contribution is 0.986. The molecule has 3 aromatic heterocycles. The highest BCUT2D eigenvalue weighted by atomic mass is 15.0. The van der Waals surface area contributed by atoms with Crippen LogP contribution in [0.25, 0.3) is 11.2 Å². The molecule has 0 unspecified atom stereocenters. The molecule has 0 aliphatic heterocycles. The molecule has 3 heterocycles. The largest absolute Gasteiger partial charge is 0.401 e. The van der Waals surface area contributed by atoms with E-state index in [1.807, 2.05) is 54.0 Å². The summed E-state index contributed by atoms with van der Waals surface area (Å²) in [7, 11) is 0. The average Bonchev–Trinajstić information content (AvgIpc) is 3.33. The van der Waals surface area contributed by atoms with Gasteiger partial charge in [0.15, 0.2) is 0 Å². The molecular weight excluding hydrogens is 298 g/mol. The number of imidazole rings is 1. The van der Waals surface area contributed by atoms with Crippen LogP contribution >= 0.6 is 0 Å². The van der Waals surface area contributed by atoms with Crippen LogP contribution in [-0.4, -0.2) is 20.1 Å². The van der Waals surface area contributed by atoms with Gasteiger partial charge >= 0.3 is 0 Å². The Balaban J connectivity index is 1.85. The van der Waals surface area contributed by atoms with Crippen molar-refractivity contribution in [3.05, 3.63) is 71.6 Å². The number of fused-ring (bicyclic) bond motifs is 1. The van der Waals surface area contributed by atoms with Crippen molar-refractivity contribution >= 4 is 16.9 Å². The van der Waals surface area contributed by atoms with E-state index in [9.17, 15) is 0 Å². The van der Waals surface area contributed by atoms with E-state index >= 15 is 0 Å². The number of pyridine rings is 2. The van der Waals surface area contributed by atoms with Crippen LogP contribution in [0, 0.1) is 18.3 Å². The van der Waals surface area contributed by atoms with Crippen molar-refractivity contribution < 1.29 is 0 Å². The van der Waals surface area contributed by atoms with Crippen LogP contribution in [0.4, 0.5) is 0 Å². The minimum atomic E-state index is 0.377. The Morgan fingerprint density at radius 3 is 2.83 bits per heavy atom. The van der Waals surface area contributed by atoms with Crippen LogP contribution in [-0.2, 0) is 0 Å². The predicted molar refractivity (Wildman–Crippen MR) is 94.8 cm³/mol. The maximum atomic E-state index is 8.72. The van der Waals surface area contributed by atoms with Crippen molar-refractivity contribution in [2.45, 2.75) is 19.8 Å². The third-order valence-electron chi connectivity index (χ3n) is 4.38. The molecule has 120 valence electrons. The topological polar surface area (TPSA) is 80.1 Å². The zero-order valence-electron chi connectivity index (χ0n) is 13.5. The molecule has 4 rings (SSSR count). The molecule has 24 heavy (non-hydrogen) atoms. The predicted octanol–water partition coefficient (Wildman–Crippen LogP) is 3.19. The minimum Gasteiger partial charge on any atom is -0.401 e. The van der Waals surface area contributed by atoms with Crippen LogP contribution in [0.15, 0.2) is 54.6 Å². The number of nitrogens with one attached hydrogen (secondary N) is 1. The second kappa shape index (κ2) is 5.60. The Morgan fingerprint density at radius 1 is 1.25 bits per heavy atom. The molecule has 3 N–H and O–H groups in total. The van der Waals surface area contributed by atoms with Gasteiger partial charge in [0.05, 0.1) is 11.4 Å². The van der Waals surface area contributed by atoms with Crippen LogP contribution in [0.2, 0.25) is 0 Å². The first kappa shape index (κ1) is 14.6. The van der Waals surface area contributed by atoms with E-state index in [1.165, 1.54) is 0 Å². The Kier molecular flexibility index (Phi) is 3.41. The summed E-state index contributed by atoms with van der Waals surface area (Å²) in [5, 5.41) is 8.72. The molecule has 3 aromatic rings. The zero-order valence-corrected chi connectivity index (χ0v) is 13.5. The number of hydrogen-bond acceptors (Lipinski definition) is 4. The molecule has 0 atom stereocenters. The van der Waals surface area contributed by atoms with Gasteiger partial charge in [-0.15, -0.1) is 0 Å². The quantitative estimate of drug-likeness (QED) is 0.725. The van der Waals surface area contributed by atoms with E-state index in [-0.39, 0.29) is 0 Å². The fourth-order valence-corrected chi connectivity index (χ4v) is 2.93. The first-order valence-corrected chi connectivity index (χ1v) is 8.09. The molecule has 0 amide bonds. The number of nitrogens with zero attached hydrogens (tertiary/aromatic N) is 3. The molecule has 1 aliphatic carbocycles. The Labute approximate surface area is 140 Å². The molecule has 0 aromatic carbocycles. The fourth-order valence-electron chi connectivity index (χ4n) is 2.93. The number of hydrogen-bond donors (Lipinski definition) is 2. The summed E-state index contributed by atoms with van der Waals surface area (Å²) in [6.07, 6.45) is 7.84. The summed E-state index contributed by atoms with van der Waals surface area (Å²) in [5.41, 5.74) is 11.7. The summed E-state index contributed by atoms with van der Waals surface area (Å²) >= 11 is 0. The third kappa shape index (κ3) is 2.58. The monoisotopic (exact) mass is 317 g/mol. The van der Waals surface area contributed by atoms with E-state index in [2.05, 4.69) is 9.97 Å². The highest BCUT2D eigenvalue weighted by Gasteiger charge is 2.29. The van der Waals surface area contributed by atoms with Crippen LogP contribution in [0.3, 0.4) is 0 Å². The SMILES string of the molecule is Cc1cccc(C(=N)/C(=C(\N)C2CC2)c2ccc3nccn3c2)n1. The number of rotatable bonds is 4. The molecule has 0 saturated heterocycles. The van der Waals surface area contributed by atoms with Gasteiger partial charge < -0.3 is 10.1 Å². The average molecular weight is 317 g/mol. The highest BCUT2D eigenvalue weighted by molar-refractivity contribution is 6.30. The number of nitrogens with two attached hydrogens (primary N) is 1. The van der Waals surface area contributed by atoms with Gasteiger partial charge in [-0.1, -0.05) is 6.07 Å². The van der Waals surface area contributed by atoms with Crippen LogP contribution < -0.4 is 5.73 Å². The lowest BCUT2D eigenvalue weighted by Crippen LogP contribution is -2.14. The van der Waals surface area contributed by atoms with E-state index in [4.69, 9.17) is 11.1 Å². The smallest absolute Gasteiger partial charge is 0.136 e. The number of aryl methyl sites for hydroxylation is 1. The van der Waals surface area contributed by atoms with E-state index in [0.717, 1.165) is 41.0 Å². The summed E-state index contributed by atoms with van der Waals surface area (Å²) in [6.45, 7) is 1.93. The summed E-state index contributed by atoms with van der Waals surface area (Å²) in [6, 6.07) is 9.66. The van der Waals surface area contributed by atoms with Crippen molar-refractivity contribution in [1.82, 2.24) is 14.4 Å².